The monoisotopic (exact) mass is 301 g/mol. The van der Waals surface area contributed by atoms with E-state index >= 15 is 0 Å². The summed E-state index contributed by atoms with van der Waals surface area (Å²) >= 11 is 5.91. The molecule has 0 saturated heterocycles. The zero-order valence-electron chi connectivity index (χ0n) is 10.2. The lowest BCUT2D eigenvalue weighted by Crippen LogP contribution is -2.07. The molecule has 7 heteroatoms. The molecular formula is C13H11ClF3N3. The van der Waals surface area contributed by atoms with Crippen LogP contribution in [-0.4, -0.2) is 4.98 Å². The Balaban J connectivity index is 2.11. The van der Waals surface area contributed by atoms with Gasteiger partial charge in [0.15, 0.2) is 0 Å². The maximum atomic E-state index is 12.6. The number of rotatable bonds is 3. The summed E-state index contributed by atoms with van der Waals surface area (Å²) in [6, 6.07) is 6.57. The van der Waals surface area contributed by atoms with Gasteiger partial charge in [-0.25, -0.2) is 4.98 Å². The molecule has 3 N–H and O–H groups in total. The van der Waals surface area contributed by atoms with Crippen LogP contribution < -0.4 is 11.1 Å². The first-order valence-electron chi connectivity index (χ1n) is 5.67. The molecule has 1 aromatic heterocycles. The standard InChI is InChI=1S/C13H11ClF3N3/c14-11-5-10(18)7-20-12(11)19-6-8-2-1-3-9(4-8)13(15,16)17/h1-5,7H,6,18H2,(H,19,20). The Morgan fingerprint density at radius 3 is 2.65 bits per heavy atom. The van der Waals surface area contributed by atoms with Crippen LogP contribution in [0.2, 0.25) is 5.02 Å². The highest BCUT2D eigenvalue weighted by atomic mass is 35.5. The lowest BCUT2D eigenvalue weighted by atomic mass is 10.1. The molecule has 2 rings (SSSR count). The van der Waals surface area contributed by atoms with E-state index in [9.17, 15) is 13.2 Å². The van der Waals surface area contributed by atoms with Crippen molar-refractivity contribution in [3.8, 4) is 0 Å². The summed E-state index contributed by atoms with van der Waals surface area (Å²) in [6.45, 7) is 0.181. The number of hydrogen-bond donors (Lipinski definition) is 2. The molecule has 1 aromatic carbocycles. The fourth-order valence-corrected chi connectivity index (χ4v) is 1.87. The lowest BCUT2D eigenvalue weighted by Gasteiger charge is -2.10. The van der Waals surface area contributed by atoms with E-state index in [4.69, 9.17) is 17.3 Å². The zero-order chi connectivity index (χ0) is 14.8. The number of pyridine rings is 1. The molecule has 0 aliphatic rings. The molecule has 0 radical (unpaired) electrons. The number of benzene rings is 1. The predicted octanol–water partition coefficient (Wildman–Crippen LogP) is 3.95. The van der Waals surface area contributed by atoms with Gasteiger partial charge in [-0.15, -0.1) is 0 Å². The minimum atomic E-state index is -4.35. The Hall–Kier alpha value is -1.95. The summed E-state index contributed by atoms with van der Waals surface area (Å²) < 4.78 is 37.7. The molecular weight excluding hydrogens is 291 g/mol. The quantitative estimate of drug-likeness (QED) is 0.902. The maximum absolute atomic E-state index is 12.6. The van der Waals surface area contributed by atoms with Crippen molar-refractivity contribution in [2.24, 2.45) is 0 Å². The van der Waals surface area contributed by atoms with Crippen LogP contribution in [0.4, 0.5) is 24.7 Å². The largest absolute Gasteiger partial charge is 0.416 e. The number of halogens is 4. The molecule has 0 aliphatic carbocycles. The van der Waals surface area contributed by atoms with E-state index in [0.717, 1.165) is 12.1 Å². The topological polar surface area (TPSA) is 50.9 Å². The average molecular weight is 302 g/mol. The summed E-state index contributed by atoms with van der Waals surface area (Å²) in [5, 5.41) is 3.19. The number of aromatic nitrogens is 1. The Morgan fingerprint density at radius 2 is 2.00 bits per heavy atom. The van der Waals surface area contributed by atoms with Crippen molar-refractivity contribution in [1.82, 2.24) is 4.98 Å². The summed E-state index contributed by atoms with van der Waals surface area (Å²) in [5.41, 5.74) is 5.71. The first kappa shape index (κ1) is 14.5. The Bertz CT molecular complexity index is 614. The molecule has 106 valence electrons. The van der Waals surface area contributed by atoms with E-state index < -0.39 is 11.7 Å². The smallest absolute Gasteiger partial charge is 0.397 e. The van der Waals surface area contributed by atoms with Gasteiger partial charge in [0.1, 0.15) is 5.82 Å². The van der Waals surface area contributed by atoms with Crippen LogP contribution in [0, 0.1) is 0 Å². The molecule has 0 fully saturated rings. The average Bonchev–Trinajstić information content (AvgIpc) is 2.37. The van der Waals surface area contributed by atoms with Gasteiger partial charge < -0.3 is 11.1 Å². The van der Waals surface area contributed by atoms with Gasteiger partial charge in [0, 0.05) is 6.54 Å². The van der Waals surface area contributed by atoms with E-state index in [-0.39, 0.29) is 6.54 Å². The number of nitrogens with two attached hydrogens (primary N) is 1. The molecule has 0 spiro atoms. The van der Waals surface area contributed by atoms with E-state index in [0.29, 0.717) is 22.1 Å². The third kappa shape index (κ3) is 3.54. The highest BCUT2D eigenvalue weighted by Gasteiger charge is 2.30. The van der Waals surface area contributed by atoms with Crippen molar-refractivity contribution in [2.45, 2.75) is 12.7 Å². The van der Waals surface area contributed by atoms with Crippen LogP contribution in [0.1, 0.15) is 11.1 Å². The summed E-state index contributed by atoms with van der Waals surface area (Å²) in [7, 11) is 0. The van der Waals surface area contributed by atoms with Crippen molar-refractivity contribution in [1.29, 1.82) is 0 Å². The Kier molecular flexibility index (Phi) is 4.04. The van der Waals surface area contributed by atoms with Crippen LogP contribution in [-0.2, 0) is 12.7 Å². The number of nitrogens with one attached hydrogen (secondary N) is 1. The summed E-state index contributed by atoms with van der Waals surface area (Å²) in [5.74, 6) is 0.373. The fraction of sp³-hybridized carbons (Fsp3) is 0.154. The lowest BCUT2D eigenvalue weighted by molar-refractivity contribution is -0.137. The highest BCUT2D eigenvalue weighted by Crippen LogP contribution is 2.29. The van der Waals surface area contributed by atoms with Crippen LogP contribution in [0.5, 0.6) is 0 Å². The minimum Gasteiger partial charge on any atom is -0.397 e. The second-order valence-electron chi connectivity index (χ2n) is 4.15. The second-order valence-corrected chi connectivity index (χ2v) is 4.56. The van der Waals surface area contributed by atoms with Gasteiger partial charge in [0.25, 0.3) is 0 Å². The molecule has 0 unspecified atom stereocenters. The molecule has 0 bridgehead atoms. The van der Waals surface area contributed by atoms with Gasteiger partial charge in [0.2, 0.25) is 0 Å². The Morgan fingerprint density at radius 1 is 1.25 bits per heavy atom. The number of nitrogens with zero attached hydrogens (tertiary/aromatic N) is 1. The van der Waals surface area contributed by atoms with Crippen molar-refractivity contribution in [3.63, 3.8) is 0 Å². The SMILES string of the molecule is Nc1cnc(NCc2cccc(C(F)(F)F)c2)c(Cl)c1. The molecule has 0 aliphatic heterocycles. The summed E-state index contributed by atoms with van der Waals surface area (Å²) in [4.78, 5) is 3.97. The molecule has 3 nitrogen and oxygen atoms in total. The van der Waals surface area contributed by atoms with Gasteiger partial charge >= 0.3 is 6.18 Å². The number of nitrogen functional groups attached to an aromatic ring is 1. The zero-order valence-corrected chi connectivity index (χ0v) is 11.0. The molecule has 2 aromatic rings. The summed E-state index contributed by atoms with van der Waals surface area (Å²) in [6.07, 6.45) is -2.94. The Labute approximate surface area is 118 Å². The molecule has 0 atom stereocenters. The van der Waals surface area contributed by atoms with E-state index in [2.05, 4.69) is 10.3 Å². The third-order valence-electron chi connectivity index (χ3n) is 2.58. The number of hydrogen-bond acceptors (Lipinski definition) is 3. The van der Waals surface area contributed by atoms with Gasteiger partial charge in [-0.3, -0.25) is 0 Å². The van der Waals surface area contributed by atoms with Crippen LogP contribution in [0.25, 0.3) is 0 Å². The van der Waals surface area contributed by atoms with Crippen molar-refractivity contribution in [2.75, 3.05) is 11.1 Å². The van der Waals surface area contributed by atoms with Gasteiger partial charge in [0.05, 0.1) is 22.5 Å². The van der Waals surface area contributed by atoms with Crippen molar-refractivity contribution < 1.29 is 13.2 Å². The molecule has 20 heavy (non-hydrogen) atoms. The minimum absolute atomic E-state index is 0.181. The highest BCUT2D eigenvalue weighted by molar-refractivity contribution is 6.33. The first-order valence-corrected chi connectivity index (χ1v) is 6.05. The maximum Gasteiger partial charge on any atom is 0.416 e. The van der Waals surface area contributed by atoms with Crippen LogP contribution >= 0.6 is 11.6 Å². The molecule has 0 amide bonds. The van der Waals surface area contributed by atoms with Crippen LogP contribution in [0.3, 0.4) is 0 Å². The number of alkyl halides is 3. The van der Waals surface area contributed by atoms with Gasteiger partial charge in [-0.2, -0.15) is 13.2 Å². The molecule has 1 heterocycles. The molecule has 0 saturated carbocycles. The fourth-order valence-electron chi connectivity index (χ4n) is 1.63. The van der Waals surface area contributed by atoms with Crippen molar-refractivity contribution in [3.05, 3.63) is 52.7 Å². The van der Waals surface area contributed by atoms with E-state index in [1.54, 1.807) is 6.07 Å². The first-order chi connectivity index (χ1) is 9.36. The van der Waals surface area contributed by atoms with Crippen LogP contribution in [0.15, 0.2) is 36.5 Å². The number of anilines is 2. The predicted molar refractivity (Wildman–Crippen MR) is 72.4 cm³/mol. The van der Waals surface area contributed by atoms with Gasteiger partial charge in [-0.1, -0.05) is 23.7 Å². The normalized spacial score (nSPS) is 11.4. The van der Waals surface area contributed by atoms with E-state index in [1.807, 2.05) is 0 Å². The van der Waals surface area contributed by atoms with Gasteiger partial charge in [-0.05, 0) is 23.8 Å². The second kappa shape index (κ2) is 5.58. The third-order valence-corrected chi connectivity index (χ3v) is 2.86. The van der Waals surface area contributed by atoms with Crippen molar-refractivity contribution >= 4 is 23.1 Å². The van der Waals surface area contributed by atoms with E-state index in [1.165, 1.54) is 18.3 Å².